The smallest absolute Gasteiger partial charge is 0.343 e. The molecule has 5 rings (SSSR count). The van der Waals surface area contributed by atoms with Crippen LogP contribution in [0, 0.1) is 17.8 Å². The molecule has 0 saturated heterocycles. The molecule has 1 aliphatic heterocycles. The van der Waals surface area contributed by atoms with Crippen LogP contribution in [0.4, 0.5) is 0 Å². The quantitative estimate of drug-likeness (QED) is 0.362. The van der Waals surface area contributed by atoms with Crippen molar-refractivity contribution >= 4 is 17.5 Å². The second-order valence-electron chi connectivity index (χ2n) is 11.9. The Kier molecular flexibility index (Phi) is 5.77. The molecule has 0 saturated carbocycles. The van der Waals surface area contributed by atoms with E-state index in [0.29, 0.717) is 59.7 Å². The number of carbonyl (C=O) groups excluding carboxylic acids is 3. The Labute approximate surface area is 212 Å². The van der Waals surface area contributed by atoms with Crippen LogP contribution in [0.1, 0.15) is 80.8 Å². The van der Waals surface area contributed by atoms with Gasteiger partial charge in [-0.1, -0.05) is 58.0 Å². The number of aryl methyl sites for hydroxylation is 1. The highest BCUT2D eigenvalue weighted by Gasteiger charge is 2.47. The number of carbonyl (C=O) groups is 3. The summed E-state index contributed by atoms with van der Waals surface area (Å²) < 4.78 is 12.0. The van der Waals surface area contributed by atoms with Crippen LogP contribution >= 0.6 is 0 Å². The van der Waals surface area contributed by atoms with Gasteiger partial charge in [-0.2, -0.15) is 0 Å². The molecule has 0 amide bonds. The number of esters is 1. The van der Waals surface area contributed by atoms with Crippen molar-refractivity contribution in [2.75, 3.05) is 0 Å². The van der Waals surface area contributed by atoms with Gasteiger partial charge in [0.05, 0.1) is 5.56 Å². The fraction of sp³-hybridized carbons (Fsp3) is 0.387. The Hall–Kier alpha value is -3.47. The van der Waals surface area contributed by atoms with Gasteiger partial charge in [0.1, 0.15) is 17.3 Å². The maximum atomic E-state index is 13.4. The summed E-state index contributed by atoms with van der Waals surface area (Å²) in [6, 6.07) is 14.5. The molecule has 186 valence electrons. The Morgan fingerprint density at radius 2 is 1.33 bits per heavy atom. The normalized spacial score (nSPS) is 21.0. The van der Waals surface area contributed by atoms with Gasteiger partial charge in [-0.15, -0.1) is 0 Å². The highest BCUT2D eigenvalue weighted by molar-refractivity contribution is 6.06. The van der Waals surface area contributed by atoms with Gasteiger partial charge in [-0.25, -0.2) is 4.79 Å². The SMILES string of the molecule is Cc1ccccc1C(=O)Oc1ccc(C2C3=C(CC(C)(C)CC3=O)OC3=C2C(=O)CC(C)(C)C3)cc1. The molecule has 0 atom stereocenters. The summed E-state index contributed by atoms with van der Waals surface area (Å²) in [4.78, 5) is 39.5. The number of ether oxygens (including phenoxy) is 2. The maximum absolute atomic E-state index is 13.4. The molecule has 3 aliphatic rings. The molecule has 0 radical (unpaired) electrons. The van der Waals surface area contributed by atoms with Crippen molar-refractivity contribution in [2.24, 2.45) is 10.8 Å². The first-order chi connectivity index (χ1) is 16.9. The Morgan fingerprint density at radius 1 is 0.806 bits per heavy atom. The van der Waals surface area contributed by atoms with E-state index >= 15 is 0 Å². The topological polar surface area (TPSA) is 69.7 Å². The molecule has 1 heterocycles. The Bertz CT molecular complexity index is 1290. The van der Waals surface area contributed by atoms with E-state index in [2.05, 4.69) is 27.7 Å². The van der Waals surface area contributed by atoms with Crippen LogP contribution in [-0.2, 0) is 14.3 Å². The predicted octanol–water partition coefficient (Wildman–Crippen LogP) is 6.61. The number of hydrogen-bond donors (Lipinski definition) is 0. The summed E-state index contributed by atoms with van der Waals surface area (Å²) in [5.74, 6) is 0.986. The lowest BCUT2D eigenvalue weighted by atomic mass is 9.65. The molecule has 5 heteroatoms. The van der Waals surface area contributed by atoms with Crippen LogP contribution in [0.25, 0.3) is 0 Å². The predicted molar refractivity (Wildman–Crippen MR) is 137 cm³/mol. The standard InChI is InChI=1S/C31H32O5/c1-18-8-6-7-9-21(18)29(34)35-20-12-10-19(11-13-20)26-27-22(32)14-30(2,3)16-24(27)36-25-17-31(4,5)15-23(33)28(25)26/h6-13,26H,14-17H2,1-5H3. The van der Waals surface area contributed by atoms with Gasteiger partial charge >= 0.3 is 5.97 Å². The van der Waals surface area contributed by atoms with Gasteiger partial charge in [0.15, 0.2) is 11.6 Å². The number of ketones is 2. The fourth-order valence-corrected chi connectivity index (χ4v) is 5.70. The first-order valence-corrected chi connectivity index (χ1v) is 12.5. The molecule has 2 aliphatic carbocycles. The van der Waals surface area contributed by atoms with Gasteiger partial charge in [0.25, 0.3) is 0 Å². The van der Waals surface area contributed by atoms with Gasteiger partial charge in [-0.05, 0) is 47.1 Å². The van der Waals surface area contributed by atoms with E-state index in [0.717, 1.165) is 11.1 Å². The molecule has 0 spiro atoms. The largest absolute Gasteiger partial charge is 0.465 e. The molecule has 5 nitrogen and oxygen atoms in total. The van der Waals surface area contributed by atoms with E-state index in [-0.39, 0.29) is 22.4 Å². The molecule has 36 heavy (non-hydrogen) atoms. The average molecular weight is 485 g/mol. The highest BCUT2D eigenvalue weighted by Crippen LogP contribution is 2.53. The van der Waals surface area contributed by atoms with Gasteiger partial charge in [-0.3, -0.25) is 9.59 Å². The van der Waals surface area contributed by atoms with Crippen LogP contribution in [0.3, 0.4) is 0 Å². The zero-order valence-corrected chi connectivity index (χ0v) is 21.6. The van der Waals surface area contributed by atoms with Crippen molar-refractivity contribution in [3.05, 3.63) is 87.9 Å². The molecule has 0 N–H and O–H groups in total. The van der Waals surface area contributed by atoms with Gasteiger partial charge in [0, 0.05) is 42.7 Å². The fourth-order valence-electron chi connectivity index (χ4n) is 5.70. The summed E-state index contributed by atoms with van der Waals surface area (Å²) in [7, 11) is 0. The van der Waals surface area contributed by atoms with E-state index in [9.17, 15) is 14.4 Å². The third kappa shape index (κ3) is 4.43. The first-order valence-electron chi connectivity index (χ1n) is 12.5. The average Bonchev–Trinajstić information content (AvgIpc) is 2.77. The highest BCUT2D eigenvalue weighted by atomic mass is 16.5. The number of hydrogen-bond acceptors (Lipinski definition) is 5. The number of rotatable bonds is 3. The summed E-state index contributed by atoms with van der Waals surface area (Å²) in [5, 5.41) is 0. The van der Waals surface area contributed by atoms with Crippen LogP contribution in [0.2, 0.25) is 0 Å². The minimum absolute atomic E-state index is 0.0329. The molecule has 2 aromatic rings. The number of Topliss-reactive ketones (excluding diaryl/α,β-unsaturated/α-hetero) is 2. The number of benzene rings is 2. The first kappa shape index (κ1) is 24.2. The summed E-state index contributed by atoms with van der Waals surface area (Å²) in [5.41, 5.74) is 3.01. The molecular weight excluding hydrogens is 452 g/mol. The molecular formula is C31H32O5. The second kappa shape index (κ2) is 8.58. The molecule has 0 fully saturated rings. The number of allylic oxidation sites excluding steroid dienone is 4. The molecule has 0 unspecified atom stereocenters. The van der Waals surface area contributed by atoms with Crippen LogP contribution < -0.4 is 4.74 Å². The minimum atomic E-state index is -0.461. The summed E-state index contributed by atoms with van der Waals surface area (Å²) in [6.07, 6.45) is 2.14. The third-order valence-corrected chi connectivity index (χ3v) is 7.37. The second-order valence-corrected chi connectivity index (χ2v) is 11.9. The van der Waals surface area contributed by atoms with E-state index in [4.69, 9.17) is 9.47 Å². The molecule has 0 bridgehead atoms. The summed E-state index contributed by atoms with van der Waals surface area (Å²) >= 11 is 0. The lowest BCUT2D eigenvalue weighted by Gasteiger charge is -2.42. The van der Waals surface area contributed by atoms with Gasteiger partial charge in [0.2, 0.25) is 0 Å². The lowest BCUT2D eigenvalue weighted by Crippen LogP contribution is -2.37. The summed E-state index contributed by atoms with van der Waals surface area (Å²) in [6.45, 7) is 10.2. The zero-order valence-electron chi connectivity index (χ0n) is 21.6. The van der Waals surface area contributed by atoms with E-state index < -0.39 is 11.9 Å². The van der Waals surface area contributed by atoms with Crippen molar-refractivity contribution in [2.45, 2.75) is 66.2 Å². The van der Waals surface area contributed by atoms with Crippen molar-refractivity contribution in [1.82, 2.24) is 0 Å². The van der Waals surface area contributed by atoms with E-state index in [1.165, 1.54) is 0 Å². The van der Waals surface area contributed by atoms with Crippen molar-refractivity contribution in [3.8, 4) is 5.75 Å². The van der Waals surface area contributed by atoms with Crippen molar-refractivity contribution in [3.63, 3.8) is 0 Å². The van der Waals surface area contributed by atoms with Crippen molar-refractivity contribution in [1.29, 1.82) is 0 Å². The Morgan fingerprint density at radius 3 is 1.86 bits per heavy atom. The zero-order chi connectivity index (χ0) is 25.8. The van der Waals surface area contributed by atoms with Gasteiger partial charge < -0.3 is 9.47 Å². The van der Waals surface area contributed by atoms with Crippen LogP contribution in [-0.4, -0.2) is 17.5 Å². The minimum Gasteiger partial charge on any atom is -0.465 e. The van der Waals surface area contributed by atoms with Crippen LogP contribution in [0.5, 0.6) is 5.75 Å². The monoisotopic (exact) mass is 484 g/mol. The van der Waals surface area contributed by atoms with Crippen molar-refractivity contribution < 1.29 is 23.9 Å². The maximum Gasteiger partial charge on any atom is 0.343 e. The third-order valence-electron chi connectivity index (χ3n) is 7.37. The Balaban J connectivity index is 1.52. The van der Waals surface area contributed by atoms with E-state index in [1.807, 2.05) is 31.2 Å². The molecule has 0 aromatic heterocycles. The van der Waals surface area contributed by atoms with Crippen LogP contribution in [0.15, 0.2) is 71.2 Å². The molecule has 2 aromatic carbocycles. The lowest BCUT2D eigenvalue weighted by molar-refractivity contribution is -0.120. The van der Waals surface area contributed by atoms with E-state index in [1.54, 1.807) is 24.3 Å².